The van der Waals surface area contributed by atoms with E-state index in [-0.39, 0.29) is 18.6 Å². The lowest BCUT2D eigenvalue weighted by atomic mass is 10.2. The molecule has 2 heterocycles. The summed E-state index contributed by atoms with van der Waals surface area (Å²) in [6.45, 7) is 0. The average molecular weight is 309 g/mol. The second-order valence-corrected chi connectivity index (χ2v) is 5.23. The first-order valence-electron chi connectivity index (χ1n) is 6.21. The van der Waals surface area contributed by atoms with Crippen molar-refractivity contribution in [3.05, 3.63) is 17.0 Å². The normalized spacial score (nSPS) is 10.4. The van der Waals surface area contributed by atoms with Gasteiger partial charge in [0.2, 0.25) is 0 Å². The summed E-state index contributed by atoms with van der Waals surface area (Å²) in [5.74, 6) is 0.379. The maximum Gasteiger partial charge on any atom is 0.305 e. The molecular weight excluding hydrogens is 294 g/mol. The monoisotopic (exact) mass is 309 g/mol. The van der Waals surface area contributed by atoms with Crippen LogP contribution in [-0.4, -0.2) is 38.1 Å². The molecular formula is C14H15NO5S. The largest absolute Gasteiger partial charge is 0.491 e. The van der Waals surface area contributed by atoms with Gasteiger partial charge in [-0.15, -0.1) is 11.3 Å². The van der Waals surface area contributed by atoms with Crippen molar-refractivity contribution in [3.8, 4) is 11.6 Å². The van der Waals surface area contributed by atoms with E-state index in [1.807, 2.05) is 0 Å². The zero-order valence-corrected chi connectivity index (χ0v) is 12.8. The van der Waals surface area contributed by atoms with Crippen molar-refractivity contribution in [2.75, 3.05) is 21.3 Å². The fourth-order valence-electron chi connectivity index (χ4n) is 1.81. The first-order valence-corrected chi connectivity index (χ1v) is 7.03. The Hall–Kier alpha value is -2.15. The van der Waals surface area contributed by atoms with Gasteiger partial charge < -0.3 is 14.2 Å². The van der Waals surface area contributed by atoms with Crippen LogP contribution in [0.3, 0.4) is 0 Å². The third kappa shape index (κ3) is 3.30. The predicted octanol–water partition coefficient (Wildman–Crippen LogP) is 2.45. The molecule has 0 N–H and O–H groups in total. The third-order valence-electron chi connectivity index (χ3n) is 2.91. The van der Waals surface area contributed by atoms with Crippen LogP contribution in [-0.2, 0) is 9.53 Å². The molecule has 0 saturated carbocycles. The topological polar surface area (TPSA) is 74.7 Å². The van der Waals surface area contributed by atoms with E-state index in [1.165, 1.54) is 32.7 Å². The maximum absolute atomic E-state index is 12.1. The summed E-state index contributed by atoms with van der Waals surface area (Å²) in [7, 11) is 4.33. The van der Waals surface area contributed by atoms with Crippen LogP contribution in [0.2, 0.25) is 0 Å². The van der Waals surface area contributed by atoms with E-state index in [4.69, 9.17) is 9.47 Å². The van der Waals surface area contributed by atoms with Crippen LogP contribution < -0.4 is 9.47 Å². The van der Waals surface area contributed by atoms with Crippen LogP contribution in [0.15, 0.2) is 12.1 Å². The summed E-state index contributed by atoms with van der Waals surface area (Å²) in [6.07, 6.45) is 0.192. The maximum atomic E-state index is 12.1. The average Bonchev–Trinajstić information content (AvgIpc) is 2.93. The molecule has 0 bridgehead atoms. The van der Waals surface area contributed by atoms with Gasteiger partial charge in [0.05, 0.1) is 32.6 Å². The molecule has 21 heavy (non-hydrogen) atoms. The third-order valence-corrected chi connectivity index (χ3v) is 4.00. The highest BCUT2D eigenvalue weighted by Gasteiger charge is 2.15. The van der Waals surface area contributed by atoms with Crippen LogP contribution >= 0.6 is 11.3 Å². The molecule has 0 spiro atoms. The van der Waals surface area contributed by atoms with Crippen molar-refractivity contribution >= 4 is 33.3 Å². The van der Waals surface area contributed by atoms with Crippen LogP contribution in [0.25, 0.3) is 10.2 Å². The Morgan fingerprint density at radius 1 is 1.14 bits per heavy atom. The Bertz CT molecular complexity index is 638. The molecule has 0 fully saturated rings. The van der Waals surface area contributed by atoms with Crippen LogP contribution in [0.1, 0.15) is 22.5 Å². The highest BCUT2D eigenvalue weighted by Crippen LogP contribution is 2.33. The zero-order chi connectivity index (χ0) is 15.4. The molecule has 0 atom stereocenters. The van der Waals surface area contributed by atoms with Gasteiger partial charge >= 0.3 is 5.97 Å². The number of esters is 1. The van der Waals surface area contributed by atoms with Crippen molar-refractivity contribution in [3.63, 3.8) is 0 Å². The summed E-state index contributed by atoms with van der Waals surface area (Å²) in [6, 6.07) is 3.52. The molecule has 2 rings (SSSR count). The lowest BCUT2D eigenvalue weighted by molar-refractivity contribution is -0.140. The molecule has 0 radical (unpaired) electrons. The number of methoxy groups -OCH3 is 3. The summed E-state index contributed by atoms with van der Waals surface area (Å²) in [4.78, 5) is 28.7. The number of carbonyl (C=O) groups is 2. The quantitative estimate of drug-likeness (QED) is 0.603. The molecule has 112 valence electrons. The minimum absolute atomic E-state index is 0.0731. The van der Waals surface area contributed by atoms with Crippen molar-refractivity contribution in [1.82, 2.24) is 4.98 Å². The number of carbonyl (C=O) groups excluding carboxylic acids is 2. The summed E-state index contributed by atoms with van der Waals surface area (Å²) < 4.78 is 14.8. The second-order valence-electron chi connectivity index (χ2n) is 4.20. The predicted molar refractivity (Wildman–Crippen MR) is 78.3 cm³/mol. The van der Waals surface area contributed by atoms with Crippen molar-refractivity contribution in [1.29, 1.82) is 0 Å². The highest BCUT2D eigenvalue weighted by atomic mass is 32.1. The number of rotatable bonds is 6. The van der Waals surface area contributed by atoms with E-state index in [2.05, 4.69) is 9.72 Å². The number of aromatic nitrogens is 1. The molecule has 0 aromatic carbocycles. The van der Waals surface area contributed by atoms with E-state index in [1.54, 1.807) is 12.1 Å². The van der Waals surface area contributed by atoms with Gasteiger partial charge in [0.25, 0.3) is 5.88 Å². The fraction of sp³-hybridized carbons (Fsp3) is 0.357. The molecule has 0 amide bonds. The molecule has 0 aliphatic heterocycles. The molecule has 7 heteroatoms. The molecule has 2 aromatic heterocycles. The number of pyridine rings is 1. The van der Waals surface area contributed by atoms with Crippen molar-refractivity contribution < 1.29 is 23.8 Å². The number of hydrogen-bond donors (Lipinski definition) is 0. The van der Waals surface area contributed by atoms with E-state index in [0.29, 0.717) is 21.3 Å². The minimum atomic E-state index is -0.397. The first-order chi connectivity index (χ1) is 10.1. The Morgan fingerprint density at radius 2 is 1.90 bits per heavy atom. The molecule has 0 saturated heterocycles. The van der Waals surface area contributed by atoms with Gasteiger partial charge in [-0.1, -0.05) is 0 Å². The van der Waals surface area contributed by atoms with E-state index in [0.717, 1.165) is 5.39 Å². The first kappa shape index (κ1) is 15.2. The van der Waals surface area contributed by atoms with Crippen molar-refractivity contribution in [2.45, 2.75) is 12.8 Å². The standard InChI is InChI=1S/C14H15NO5S/c1-18-10-6-8-7-11(9(16)4-5-12(17)19-2)21-14(8)15-13(10)20-3/h6-7H,4-5H2,1-3H3. The van der Waals surface area contributed by atoms with Crippen LogP contribution in [0.5, 0.6) is 11.6 Å². The zero-order valence-electron chi connectivity index (χ0n) is 12.0. The molecule has 0 aliphatic carbocycles. The smallest absolute Gasteiger partial charge is 0.305 e. The minimum Gasteiger partial charge on any atom is -0.491 e. The Morgan fingerprint density at radius 3 is 2.52 bits per heavy atom. The number of nitrogens with zero attached hydrogens (tertiary/aromatic N) is 1. The van der Waals surface area contributed by atoms with Crippen LogP contribution in [0, 0.1) is 0 Å². The SMILES string of the molecule is COC(=O)CCC(=O)c1cc2cc(OC)c(OC)nc2s1. The number of fused-ring (bicyclic) bond motifs is 1. The summed E-state index contributed by atoms with van der Waals surface area (Å²) >= 11 is 1.27. The number of ether oxygens (including phenoxy) is 3. The number of ketones is 1. The molecule has 2 aromatic rings. The number of thiophene rings is 1. The lowest BCUT2D eigenvalue weighted by Crippen LogP contribution is -2.04. The highest BCUT2D eigenvalue weighted by molar-refractivity contribution is 7.20. The Kier molecular flexibility index (Phi) is 4.74. The van der Waals surface area contributed by atoms with Crippen LogP contribution in [0.4, 0.5) is 0 Å². The van der Waals surface area contributed by atoms with Gasteiger partial charge in [0.15, 0.2) is 11.5 Å². The van der Waals surface area contributed by atoms with E-state index >= 15 is 0 Å². The lowest BCUT2D eigenvalue weighted by Gasteiger charge is -2.05. The summed E-state index contributed by atoms with van der Waals surface area (Å²) in [5.41, 5.74) is 0. The summed E-state index contributed by atoms with van der Waals surface area (Å²) in [5, 5.41) is 0.805. The second kappa shape index (κ2) is 6.53. The van der Waals surface area contributed by atoms with Crippen molar-refractivity contribution in [2.24, 2.45) is 0 Å². The van der Waals surface area contributed by atoms with Gasteiger partial charge in [-0.05, 0) is 12.1 Å². The Balaban J connectivity index is 2.26. The fourth-order valence-corrected chi connectivity index (χ4v) is 2.78. The van der Waals surface area contributed by atoms with Gasteiger partial charge in [-0.3, -0.25) is 9.59 Å². The Labute approximate surface area is 125 Å². The van der Waals surface area contributed by atoms with E-state index < -0.39 is 5.97 Å². The number of hydrogen-bond acceptors (Lipinski definition) is 7. The van der Waals surface area contributed by atoms with Gasteiger partial charge in [-0.25, -0.2) is 0 Å². The molecule has 0 aliphatic rings. The van der Waals surface area contributed by atoms with Gasteiger partial charge in [0.1, 0.15) is 4.83 Å². The van der Waals surface area contributed by atoms with E-state index in [9.17, 15) is 9.59 Å². The van der Waals surface area contributed by atoms with Gasteiger partial charge in [0, 0.05) is 11.8 Å². The van der Waals surface area contributed by atoms with Gasteiger partial charge in [-0.2, -0.15) is 4.98 Å². The molecule has 6 nitrogen and oxygen atoms in total. The molecule has 0 unspecified atom stereocenters. The number of Topliss-reactive ketones (excluding diaryl/α,β-unsaturated/α-hetero) is 1.